The van der Waals surface area contributed by atoms with Crippen LogP contribution in [0, 0.1) is 10.1 Å². The van der Waals surface area contributed by atoms with Gasteiger partial charge in [0.2, 0.25) is 10.0 Å². The van der Waals surface area contributed by atoms with Gasteiger partial charge in [-0.1, -0.05) is 0 Å². The number of sulfonamides is 1. The predicted octanol–water partition coefficient (Wildman–Crippen LogP) is 1.10. The van der Waals surface area contributed by atoms with E-state index in [9.17, 15) is 18.5 Å². The number of nitrogens with zero attached hydrogens (tertiary/aromatic N) is 1. The molecule has 20 heavy (non-hydrogen) atoms. The van der Waals surface area contributed by atoms with Crippen LogP contribution in [0.4, 0.5) is 11.4 Å². The molecule has 8 nitrogen and oxygen atoms in total. The number of benzene rings is 1. The fraction of sp³-hybridized carbons (Fsp3) is 0.455. The van der Waals surface area contributed by atoms with Gasteiger partial charge in [-0.25, -0.2) is 13.1 Å². The molecule has 0 atom stereocenters. The molecule has 0 bridgehead atoms. The molecule has 1 fully saturated rings. The minimum absolute atomic E-state index is 0.00498. The summed E-state index contributed by atoms with van der Waals surface area (Å²) in [5, 5.41) is 10.7. The van der Waals surface area contributed by atoms with E-state index >= 15 is 0 Å². The van der Waals surface area contributed by atoms with Crippen molar-refractivity contribution in [3.8, 4) is 0 Å². The summed E-state index contributed by atoms with van der Waals surface area (Å²) < 4.78 is 27.3. The summed E-state index contributed by atoms with van der Waals surface area (Å²) in [7, 11) is -3.78. The SMILES string of the molecule is CC1(NS(=O)(=O)c2ccc([N+](=O)[O-])cc2NN)CCC1. The molecule has 2 rings (SSSR count). The fourth-order valence-corrected chi connectivity index (χ4v) is 3.78. The van der Waals surface area contributed by atoms with Crippen LogP contribution in [0.2, 0.25) is 0 Å². The molecule has 0 aliphatic heterocycles. The van der Waals surface area contributed by atoms with Gasteiger partial charge in [0.15, 0.2) is 0 Å². The van der Waals surface area contributed by atoms with Crippen molar-refractivity contribution in [3.63, 3.8) is 0 Å². The van der Waals surface area contributed by atoms with Crippen molar-refractivity contribution in [2.75, 3.05) is 5.43 Å². The average Bonchev–Trinajstić information content (AvgIpc) is 2.35. The smallest absolute Gasteiger partial charge is 0.271 e. The summed E-state index contributed by atoms with van der Waals surface area (Å²) in [4.78, 5) is 9.97. The molecule has 4 N–H and O–H groups in total. The zero-order valence-electron chi connectivity index (χ0n) is 10.9. The molecule has 0 spiro atoms. The molecule has 9 heteroatoms. The zero-order valence-corrected chi connectivity index (χ0v) is 11.7. The average molecular weight is 300 g/mol. The Labute approximate surface area is 116 Å². The lowest BCUT2D eigenvalue weighted by Gasteiger charge is -2.38. The van der Waals surface area contributed by atoms with Crippen molar-refractivity contribution in [1.82, 2.24) is 4.72 Å². The van der Waals surface area contributed by atoms with Gasteiger partial charge in [-0.15, -0.1) is 0 Å². The maximum atomic E-state index is 12.3. The van der Waals surface area contributed by atoms with Gasteiger partial charge in [-0.05, 0) is 32.3 Å². The first-order valence-corrected chi connectivity index (χ1v) is 7.55. The Morgan fingerprint density at radius 1 is 1.40 bits per heavy atom. The van der Waals surface area contributed by atoms with Gasteiger partial charge in [0.1, 0.15) is 4.90 Å². The number of anilines is 1. The molecule has 0 unspecified atom stereocenters. The lowest BCUT2D eigenvalue weighted by atomic mass is 9.80. The molecular formula is C11H16N4O4S. The Morgan fingerprint density at radius 2 is 2.05 bits per heavy atom. The molecule has 1 saturated carbocycles. The first kappa shape index (κ1) is 14.7. The maximum absolute atomic E-state index is 12.3. The van der Waals surface area contributed by atoms with Crippen molar-refractivity contribution in [2.24, 2.45) is 5.84 Å². The third-order valence-electron chi connectivity index (χ3n) is 3.46. The number of nitrogen functional groups attached to an aromatic ring is 1. The molecule has 1 aromatic rings. The number of nitro benzene ring substituents is 1. The Bertz CT molecular complexity index is 640. The topological polar surface area (TPSA) is 127 Å². The van der Waals surface area contributed by atoms with E-state index in [0.29, 0.717) is 0 Å². The predicted molar refractivity (Wildman–Crippen MR) is 73.5 cm³/mol. The minimum atomic E-state index is -3.78. The summed E-state index contributed by atoms with van der Waals surface area (Å²) >= 11 is 0. The highest BCUT2D eigenvalue weighted by molar-refractivity contribution is 7.89. The molecule has 1 aliphatic rings. The first-order chi connectivity index (χ1) is 9.27. The quantitative estimate of drug-likeness (QED) is 0.424. The lowest BCUT2D eigenvalue weighted by Crippen LogP contribution is -2.50. The minimum Gasteiger partial charge on any atom is -0.323 e. The number of nitrogens with two attached hydrogens (primary N) is 1. The van der Waals surface area contributed by atoms with Crippen LogP contribution in [0.25, 0.3) is 0 Å². The van der Waals surface area contributed by atoms with E-state index in [2.05, 4.69) is 10.1 Å². The van der Waals surface area contributed by atoms with Crippen LogP contribution in [0.3, 0.4) is 0 Å². The van der Waals surface area contributed by atoms with Crippen LogP contribution in [-0.4, -0.2) is 18.9 Å². The van der Waals surface area contributed by atoms with Gasteiger partial charge in [-0.2, -0.15) is 0 Å². The standard InChI is InChI=1S/C11H16N4O4S/c1-11(5-2-6-11)14-20(18,19)10-4-3-8(15(16)17)7-9(10)13-12/h3-4,7,13-14H,2,5-6,12H2,1H3. The number of nitrogens with one attached hydrogen (secondary N) is 2. The van der Waals surface area contributed by atoms with Crippen LogP contribution in [0.5, 0.6) is 0 Å². The molecule has 0 amide bonds. The molecule has 0 radical (unpaired) electrons. The Balaban J connectivity index is 2.38. The highest BCUT2D eigenvalue weighted by Gasteiger charge is 2.37. The van der Waals surface area contributed by atoms with Gasteiger partial charge >= 0.3 is 0 Å². The fourth-order valence-electron chi connectivity index (χ4n) is 2.17. The van der Waals surface area contributed by atoms with E-state index in [1.54, 1.807) is 0 Å². The van der Waals surface area contributed by atoms with Gasteiger partial charge in [-0.3, -0.25) is 16.0 Å². The number of rotatable bonds is 5. The Morgan fingerprint density at radius 3 is 2.50 bits per heavy atom. The van der Waals surface area contributed by atoms with E-state index < -0.39 is 20.5 Å². The summed E-state index contributed by atoms with van der Waals surface area (Å²) in [6.07, 6.45) is 2.51. The second-order valence-corrected chi connectivity index (χ2v) is 6.75. The number of non-ortho nitro benzene ring substituents is 1. The second-order valence-electron chi connectivity index (χ2n) is 5.10. The van der Waals surface area contributed by atoms with Crippen molar-refractivity contribution < 1.29 is 13.3 Å². The molecule has 1 aliphatic carbocycles. The number of hydrazine groups is 1. The zero-order chi connectivity index (χ0) is 15.0. The molecule has 0 saturated heterocycles. The van der Waals surface area contributed by atoms with Crippen LogP contribution >= 0.6 is 0 Å². The molecule has 0 aromatic heterocycles. The highest BCUT2D eigenvalue weighted by atomic mass is 32.2. The van der Waals surface area contributed by atoms with E-state index in [1.807, 2.05) is 6.92 Å². The van der Waals surface area contributed by atoms with E-state index in [0.717, 1.165) is 31.4 Å². The van der Waals surface area contributed by atoms with Crippen LogP contribution in [-0.2, 0) is 10.0 Å². The van der Waals surface area contributed by atoms with Gasteiger partial charge in [0.25, 0.3) is 5.69 Å². The lowest BCUT2D eigenvalue weighted by molar-refractivity contribution is -0.384. The largest absolute Gasteiger partial charge is 0.323 e. The van der Waals surface area contributed by atoms with Crippen molar-refractivity contribution >= 4 is 21.4 Å². The van der Waals surface area contributed by atoms with E-state index in [4.69, 9.17) is 5.84 Å². The second kappa shape index (κ2) is 5.00. The van der Waals surface area contributed by atoms with Crippen molar-refractivity contribution in [2.45, 2.75) is 36.6 Å². The normalized spacial score (nSPS) is 17.3. The summed E-state index contributed by atoms with van der Waals surface area (Å²) in [6, 6.07) is 3.41. The number of nitro groups is 1. The van der Waals surface area contributed by atoms with Gasteiger partial charge in [0.05, 0.1) is 10.6 Å². The number of hydrogen-bond donors (Lipinski definition) is 3. The third kappa shape index (κ3) is 2.74. The maximum Gasteiger partial charge on any atom is 0.271 e. The highest BCUT2D eigenvalue weighted by Crippen LogP contribution is 2.34. The molecule has 0 heterocycles. The van der Waals surface area contributed by atoms with Crippen molar-refractivity contribution in [3.05, 3.63) is 28.3 Å². The molecule has 1 aromatic carbocycles. The van der Waals surface area contributed by atoms with Crippen molar-refractivity contribution in [1.29, 1.82) is 0 Å². The Kier molecular flexibility index (Phi) is 3.67. The van der Waals surface area contributed by atoms with E-state index in [1.165, 1.54) is 6.07 Å². The van der Waals surface area contributed by atoms with Gasteiger partial charge in [0, 0.05) is 17.7 Å². The van der Waals surface area contributed by atoms with E-state index in [-0.39, 0.29) is 16.3 Å². The summed E-state index contributed by atoms with van der Waals surface area (Å²) in [6.45, 7) is 1.83. The monoisotopic (exact) mass is 300 g/mol. The van der Waals surface area contributed by atoms with Gasteiger partial charge < -0.3 is 5.43 Å². The van der Waals surface area contributed by atoms with Crippen LogP contribution < -0.4 is 16.0 Å². The van der Waals surface area contributed by atoms with Crippen LogP contribution in [0.1, 0.15) is 26.2 Å². The molecule has 110 valence electrons. The Hall–Kier alpha value is -1.71. The third-order valence-corrected chi connectivity index (χ3v) is 5.15. The molecular weight excluding hydrogens is 284 g/mol. The number of hydrogen-bond acceptors (Lipinski definition) is 6. The van der Waals surface area contributed by atoms with Crippen LogP contribution in [0.15, 0.2) is 23.1 Å². The summed E-state index contributed by atoms with van der Waals surface area (Å²) in [5.74, 6) is 5.26. The first-order valence-electron chi connectivity index (χ1n) is 6.06. The summed E-state index contributed by atoms with van der Waals surface area (Å²) in [5.41, 5.74) is 1.51.